The molecule has 7 nitrogen and oxygen atoms in total. The van der Waals surface area contributed by atoms with Crippen molar-refractivity contribution >= 4 is 17.9 Å². The summed E-state index contributed by atoms with van der Waals surface area (Å²) in [5, 5.41) is 34.3. The molecule has 0 aliphatic heterocycles. The predicted octanol–water partition coefficient (Wildman–Crippen LogP) is -1.15. The van der Waals surface area contributed by atoms with Gasteiger partial charge in [0.05, 0.1) is 31.8 Å². The van der Waals surface area contributed by atoms with E-state index in [2.05, 4.69) is 0 Å². The molecular formula is C17H25O7P. The average Bonchev–Trinajstić information content (AvgIpc) is 2.66. The van der Waals surface area contributed by atoms with Gasteiger partial charge in [-0.2, -0.15) is 0 Å². The van der Waals surface area contributed by atoms with Crippen LogP contribution in [0.15, 0.2) is 60.7 Å². The molecule has 8 heteroatoms. The van der Waals surface area contributed by atoms with Crippen LogP contribution in [0.3, 0.4) is 0 Å². The van der Waals surface area contributed by atoms with E-state index >= 15 is 0 Å². The molecule has 0 atom stereocenters. The van der Waals surface area contributed by atoms with Crippen LogP contribution in [-0.2, 0) is 0 Å². The number of rotatable bonds is 6. The van der Waals surface area contributed by atoms with Gasteiger partial charge in [-0.15, -0.1) is 0 Å². The minimum absolute atomic E-state index is 0.139. The summed E-state index contributed by atoms with van der Waals surface area (Å²) >= 11 is 0. The first-order valence-corrected chi connectivity index (χ1v) is 9.64. The summed E-state index contributed by atoms with van der Waals surface area (Å²) in [6.45, 7) is -1.62. The van der Waals surface area contributed by atoms with Gasteiger partial charge in [0.1, 0.15) is 0 Å². The van der Waals surface area contributed by atoms with Crippen LogP contribution in [0, 0.1) is 5.41 Å². The van der Waals surface area contributed by atoms with E-state index in [9.17, 15) is 14.7 Å². The van der Waals surface area contributed by atoms with Crippen LogP contribution in [0.2, 0.25) is 0 Å². The van der Waals surface area contributed by atoms with Crippen LogP contribution >= 0.6 is 7.28 Å². The molecule has 0 fully saturated rings. The molecule has 0 heterocycles. The van der Waals surface area contributed by atoms with Gasteiger partial charge in [0.2, 0.25) is 0 Å². The number of benzene rings is 2. The molecule has 0 amide bonds. The number of hydrogen-bond acceptors (Lipinski definition) is 7. The molecule has 0 saturated heterocycles. The number of hydrogen-bond donors (Lipinski definition) is 7. The normalized spacial score (nSPS) is 13.3. The third kappa shape index (κ3) is 5.28. The van der Waals surface area contributed by atoms with Crippen LogP contribution in [0.4, 0.5) is 0 Å². The van der Waals surface area contributed by atoms with Gasteiger partial charge < -0.3 is 20.4 Å². The van der Waals surface area contributed by atoms with Crippen LogP contribution in [-0.4, -0.2) is 61.5 Å². The fraction of sp³-hybridized carbons (Fsp3) is 0.294. The summed E-state index contributed by atoms with van der Waals surface area (Å²) in [6.07, 6.45) is 0. The molecule has 0 spiro atoms. The Balaban J connectivity index is 0.000000299. The summed E-state index contributed by atoms with van der Waals surface area (Å²) in [5.74, 6) is 0. The van der Waals surface area contributed by atoms with Crippen LogP contribution in [0.1, 0.15) is 0 Å². The van der Waals surface area contributed by atoms with Crippen LogP contribution in [0.5, 0.6) is 0 Å². The second kappa shape index (κ2) is 8.80. The quantitative estimate of drug-likeness (QED) is 0.318. The van der Waals surface area contributed by atoms with Crippen molar-refractivity contribution in [1.29, 1.82) is 0 Å². The van der Waals surface area contributed by atoms with Crippen molar-refractivity contribution in [2.45, 2.75) is 0 Å². The van der Waals surface area contributed by atoms with Gasteiger partial charge in [-0.05, 0) is 0 Å². The molecular weight excluding hydrogens is 347 g/mol. The Morgan fingerprint density at radius 2 is 0.840 bits per heavy atom. The van der Waals surface area contributed by atoms with Gasteiger partial charge >= 0.3 is 93.2 Å². The third-order valence-corrected chi connectivity index (χ3v) is 6.30. The van der Waals surface area contributed by atoms with Crippen molar-refractivity contribution < 1.29 is 35.1 Å². The van der Waals surface area contributed by atoms with Gasteiger partial charge in [0, 0.05) is 0 Å². The van der Waals surface area contributed by atoms with E-state index in [1.54, 1.807) is 36.4 Å². The van der Waals surface area contributed by atoms with Crippen molar-refractivity contribution in [3.63, 3.8) is 0 Å². The maximum absolute atomic E-state index is 10.2. The Kier molecular flexibility index (Phi) is 7.62. The zero-order chi connectivity index (χ0) is 19.0. The predicted molar refractivity (Wildman–Crippen MR) is 96.5 cm³/mol. The zero-order valence-corrected chi connectivity index (χ0v) is 14.6. The third-order valence-electron chi connectivity index (χ3n) is 3.81. The molecule has 0 unspecified atom stereocenters. The second-order valence-corrected chi connectivity index (χ2v) is 8.78. The standard InChI is InChI=1S/C12H13O3P.C5H12O4/c13-16(14,15,11-7-3-1-4-8-11)12-9-5-2-6-10-12;6-1-5(2-7,3-8)4-9/h1-10,13-15H;6-9H,1-4H2. The average molecular weight is 372 g/mol. The van der Waals surface area contributed by atoms with Crippen LogP contribution in [0.25, 0.3) is 0 Å². The van der Waals surface area contributed by atoms with E-state index in [1.165, 1.54) is 24.3 Å². The van der Waals surface area contributed by atoms with Crippen LogP contribution < -0.4 is 10.6 Å². The Hall–Kier alpha value is -1.41. The van der Waals surface area contributed by atoms with Crippen molar-refractivity contribution in [1.82, 2.24) is 0 Å². The molecule has 0 aliphatic rings. The summed E-state index contributed by atoms with van der Waals surface area (Å²) < 4.78 is 0. The van der Waals surface area contributed by atoms with Gasteiger partial charge in [-0.25, -0.2) is 0 Å². The van der Waals surface area contributed by atoms with E-state index in [-0.39, 0.29) is 10.6 Å². The van der Waals surface area contributed by atoms with Gasteiger partial charge in [-0.1, -0.05) is 0 Å². The van der Waals surface area contributed by atoms with Crippen molar-refractivity contribution in [3.05, 3.63) is 60.7 Å². The van der Waals surface area contributed by atoms with Crippen molar-refractivity contribution in [3.8, 4) is 0 Å². The summed E-state index contributed by atoms with van der Waals surface area (Å²) in [7, 11) is -4.93. The fourth-order valence-electron chi connectivity index (χ4n) is 1.85. The molecule has 0 aromatic heterocycles. The number of aliphatic hydroxyl groups excluding tert-OH is 4. The molecule has 0 aliphatic carbocycles. The Morgan fingerprint density at radius 3 is 1.04 bits per heavy atom. The maximum atomic E-state index is 10.2. The second-order valence-electron chi connectivity index (χ2n) is 5.78. The Bertz CT molecular complexity index is 561. The molecule has 0 saturated carbocycles. The van der Waals surface area contributed by atoms with Gasteiger partial charge in [-0.3, -0.25) is 0 Å². The topological polar surface area (TPSA) is 142 Å². The SMILES string of the molecule is OCC(CO)(CO)CO.OP(O)(O)(c1ccccc1)c1ccccc1. The summed E-state index contributed by atoms with van der Waals surface area (Å²) in [5.41, 5.74) is -1.11. The van der Waals surface area contributed by atoms with E-state index in [0.29, 0.717) is 0 Å². The molecule has 2 aromatic carbocycles. The molecule has 7 N–H and O–H groups in total. The zero-order valence-electron chi connectivity index (χ0n) is 13.7. The summed E-state index contributed by atoms with van der Waals surface area (Å²) in [6, 6.07) is 16.1. The Morgan fingerprint density at radius 1 is 0.560 bits per heavy atom. The summed E-state index contributed by atoms with van der Waals surface area (Å²) in [4.78, 5) is 30.5. The van der Waals surface area contributed by atoms with Gasteiger partial charge in [0.25, 0.3) is 0 Å². The Labute approximate surface area is 146 Å². The first-order chi connectivity index (χ1) is 11.7. The molecule has 0 radical (unpaired) electrons. The fourth-order valence-corrected chi connectivity index (χ4v) is 3.59. The first kappa shape index (κ1) is 21.6. The minimum atomic E-state index is -4.93. The van der Waals surface area contributed by atoms with E-state index < -0.39 is 39.1 Å². The molecule has 140 valence electrons. The monoisotopic (exact) mass is 372 g/mol. The van der Waals surface area contributed by atoms with Crippen molar-refractivity contribution in [2.75, 3.05) is 26.4 Å². The van der Waals surface area contributed by atoms with Gasteiger partial charge in [0.15, 0.2) is 0 Å². The first-order valence-electron chi connectivity index (χ1n) is 7.55. The molecule has 2 aromatic rings. The van der Waals surface area contributed by atoms with E-state index in [0.717, 1.165) is 0 Å². The van der Waals surface area contributed by atoms with E-state index in [1.807, 2.05) is 0 Å². The van der Waals surface area contributed by atoms with Crippen molar-refractivity contribution in [2.24, 2.45) is 5.41 Å². The molecule has 2 rings (SSSR count). The van der Waals surface area contributed by atoms with E-state index in [4.69, 9.17) is 20.4 Å². The molecule has 0 bridgehead atoms. The number of aliphatic hydroxyl groups is 4. The molecule has 25 heavy (non-hydrogen) atoms.